The van der Waals surface area contributed by atoms with Gasteiger partial charge < -0.3 is 10.5 Å². The second kappa shape index (κ2) is 7.09. The lowest BCUT2D eigenvalue weighted by molar-refractivity contribution is 0.0671. The smallest absolute Gasteiger partial charge is 0.179 e. The molecule has 102 valence electrons. The lowest BCUT2D eigenvalue weighted by Crippen LogP contribution is -2.26. The standard InChI is InChI=1S/C12H18ClNO3S/c1-2-17-10(9-14)7-8-18(15,16)12-6-4-3-5-11(12)13/h3-6,10H,2,7-9,14H2,1H3. The van der Waals surface area contributed by atoms with Gasteiger partial charge in [0.25, 0.3) is 0 Å². The molecule has 2 N–H and O–H groups in total. The summed E-state index contributed by atoms with van der Waals surface area (Å²) in [5.74, 6) is -0.0153. The van der Waals surface area contributed by atoms with Crippen molar-refractivity contribution in [1.29, 1.82) is 0 Å². The summed E-state index contributed by atoms with van der Waals surface area (Å²) >= 11 is 5.88. The molecule has 1 atom stereocenters. The van der Waals surface area contributed by atoms with E-state index in [9.17, 15) is 8.42 Å². The van der Waals surface area contributed by atoms with Crippen LogP contribution in [0.3, 0.4) is 0 Å². The third-order valence-electron chi connectivity index (χ3n) is 2.55. The predicted octanol–water partition coefficient (Wildman–Crippen LogP) is 1.87. The second-order valence-corrected chi connectivity index (χ2v) is 6.34. The van der Waals surface area contributed by atoms with Crippen molar-refractivity contribution in [2.75, 3.05) is 18.9 Å². The fraction of sp³-hybridized carbons (Fsp3) is 0.500. The van der Waals surface area contributed by atoms with Crippen LogP contribution in [-0.4, -0.2) is 33.4 Å². The summed E-state index contributed by atoms with van der Waals surface area (Å²) in [5, 5.41) is 0.248. The van der Waals surface area contributed by atoms with Crippen molar-refractivity contribution in [3.8, 4) is 0 Å². The molecule has 0 fully saturated rings. The molecule has 1 rings (SSSR count). The number of hydrogen-bond acceptors (Lipinski definition) is 4. The Balaban J connectivity index is 2.74. The van der Waals surface area contributed by atoms with Crippen LogP contribution >= 0.6 is 11.6 Å². The number of benzene rings is 1. The van der Waals surface area contributed by atoms with Crippen LogP contribution in [0, 0.1) is 0 Å². The van der Waals surface area contributed by atoms with Gasteiger partial charge in [-0.25, -0.2) is 8.42 Å². The van der Waals surface area contributed by atoms with E-state index in [0.29, 0.717) is 19.6 Å². The molecule has 0 saturated heterocycles. The van der Waals surface area contributed by atoms with Gasteiger partial charge in [0.1, 0.15) is 0 Å². The van der Waals surface area contributed by atoms with E-state index >= 15 is 0 Å². The summed E-state index contributed by atoms with van der Waals surface area (Å²) in [6.45, 7) is 2.69. The molecular weight excluding hydrogens is 274 g/mol. The Labute approximate surface area is 113 Å². The fourth-order valence-corrected chi connectivity index (χ4v) is 3.53. The van der Waals surface area contributed by atoms with Gasteiger partial charge in [0.2, 0.25) is 0 Å². The molecule has 6 heteroatoms. The lowest BCUT2D eigenvalue weighted by Gasteiger charge is -2.14. The molecule has 0 spiro atoms. The molecular formula is C12H18ClNO3S. The summed E-state index contributed by atoms with van der Waals surface area (Å²) in [6, 6.07) is 6.43. The normalized spacial score (nSPS) is 13.5. The van der Waals surface area contributed by atoms with Crippen molar-refractivity contribution in [3.05, 3.63) is 29.3 Å². The van der Waals surface area contributed by atoms with Gasteiger partial charge in [0, 0.05) is 13.2 Å². The molecule has 0 radical (unpaired) electrons. The van der Waals surface area contributed by atoms with Gasteiger partial charge in [-0.1, -0.05) is 23.7 Å². The number of nitrogens with two attached hydrogens (primary N) is 1. The van der Waals surface area contributed by atoms with E-state index in [0.717, 1.165) is 0 Å². The third kappa shape index (κ3) is 4.24. The molecule has 0 bridgehead atoms. The molecule has 0 amide bonds. The predicted molar refractivity (Wildman–Crippen MR) is 72.6 cm³/mol. The Hall–Kier alpha value is -0.620. The van der Waals surface area contributed by atoms with E-state index in [1.165, 1.54) is 6.07 Å². The number of hydrogen-bond donors (Lipinski definition) is 1. The number of ether oxygens (including phenoxy) is 1. The van der Waals surface area contributed by atoms with Crippen molar-refractivity contribution in [2.45, 2.75) is 24.3 Å². The molecule has 1 aromatic carbocycles. The maximum absolute atomic E-state index is 12.1. The van der Waals surface area contributed by atoms with E-state index < -0.39 is 9.84 Å². The minimum Gasteiger partial charge on any atom is -0.377 e. The zero-order valence-corrected chi connectivity index (χ0v) is 11.9. The zero-order chi connectivity index (χ0) is 13.6. The highest BCUT2D eigenvalue weighted by Gasteiger charge is 2.19. The van der Waals surface area contributed by atoms with Crippen molar-refractivity contribution >= 4 is 21.4 Å². The number of halogens is 1. The quantitative estimate of drug-likeness (QED) is 0.832. The molecule has 18 heavy (non-hydrogen) atoms. The highest BCUT2D eigenvalue weighted by Crippen LogP contribution is 2.22. The zero-order valence-electron chi connectivity index (χ0n) is 10.3. The first-order valence-electron chi connectivity index (χ1n) is 5.80. The van der Waals surface area contributed by atoms with Gasteiger partial charge in [-0.3, -0.25) is 0 Å². The molecule has 0 aliphatic heterocycles. The molecule has 1 unspecified atom stereocenters. The van der Waals surface area contributed by atoms with E-state index in [1.807, 2.05) is 6.92 Å². The Kier molecular flexibility index (Phi) is 6.08. The summed E-state index contributed by atoms with van der Waals surface area (Å²) in [5.41, 5.74) is 5.51. The summed E-state index contributed by atoms with van der Waals surface area (Å²) in [7, 11) is -3.38. The maximum Gasteiger partial charge on any atom is 0.179 e. The SMILES string of the molecule is CCOC(CN)CCS(=O)(=O)c1ccccc1Cl. The van der Waals surface area contributed by atoms with Gasteiger partial charge in [-0.15, -0.1) is 0 Å². The van der Waals surface area contributed by atoms with Crippen LogP contribution < -0.4 is 5.73 Å². The number of sulfone groups is 1. The molecule has 4 nitrogen and oxygen atoms in total. The van der Waals surface area contributed by atoms with Crippen LogP contribution in [-0.2, 0) is 14.6 Å². The first-order valence-corrected chi connectivity index (χ1v) is 7.83. The first kappa shape index (κ1) is 15.4. The van der Waals surface area contributed by atoms with Crippen LogP contribution in [0.15, 0.2) is 29.2 Å². The summed E-state index contributed by atoms with van der Waals surface area (Å²) in [6.07, 6.45) is 0.144. The number of rotatable bonds is 7. The van der Waals surface area contributed by atoms with Gasteiger partial charge in [-0.2, -0.15) is 0 Å². The van der Waals surface area contributed by atoms with Crippen LogP contribution in [0.5, 0.6) is 0 Å². The van der Waals surface area contributed by atoms with Crippen LogP contribution in [0.25, 0.3) is 0 Å². The highest BCUT2D eigenvalue weighted by atomic mass is 35.5. The van der Waals surface area contributed by atoms with Crippen LogP contribution in [0.1, 0.15) is 13.3 Å². The summed E-state index contributed by atoms with van der Waals surface area (Å²) in [4.78, 5) is 0.166. The van der Waals surface area contributed by atoms with Gasteiger partial charge in [-0.05, 0) is 25.5 Å². The Morgan fingerprint density at radius 1 is 1.39 bits per heavy atom. The molecule has 1 aromatic rings. The summed E-state index contributed by atoms with van der Waals surface area (Å²) < 4.78 is 29.5. The molecule has 0 aliphatic rings. The van der Waals surface area contributed by atoms with Crippen LogP contribution in [0.4, 0.5) is 0 Å². The Morgan fingerprint density at radius 2 is 2.06 bits per heavy atom. The minimum absolute atomic E-state index is 0.0153. The largest absolute Gasteiger partial charge is 0.377 e. The fourth-order valence-electron chi connectivity index (χ4n) is 1.60. The minimum atomic E-state index is -3.38. The molecule has 0 aromatic heterocycles. The van der Waals surface area contributed by atoms with Crippen molar-refractivity contribution < 1.29 is 13.2 Å². The molecule has 0 heterocycles. The Morgan fingerprint density at radius 3 is 2.61 bits per heavy atom. The second-order valence-electron chi connectivity index (χ2n) is 3.85. The van der Waals surface area contributed by atoms with E-state index in [4.69, 9.17) is 22.1 Å². The maximum atomic E-state index is 12.1. The molecule has 0 aliphatic carbocycles. The van der Waals surface area contributed by atoms with Crippen LogP contribution in [0.2, 0.25) is 5.02 Å². The van der Waals surface area contributed by atoms with Crippen molar-refractivity contribution in [2.24, 2.45) is 5.73 Å². The Bertz CT molecular complexity index is 476. The van der Waals surface area contributed by atoms with Crippen molar-refractivity contribution in [1.82, 2.24) is 0 Å². The van der Waals surface area contributed by atoms with Gasteiger partial charge in [0.15, 0.2) is 9.84 Å². The van der Waals surface area contributed by atoms with E-state index in [-0.39, 0.29) is 21.8 Å². The third-order valence-corrected chi connectivity index (χ3v) is 4.79. The highest BCUT2D eigenvalue weighted by molar-refractivity contribution is 7.91. The van der Waals surface area contributed by atoms with Crippen molar-refractivity contribution in [3.63, 3.8) is 0 Å². The first-order chi connectivity index (χ1) is 8.51. The van der Waals surface area contributed by atoms with Gasteiger partial charge >= 0.3 is 0 Å². The topological polar surface area (TPSA) is 69.4 Å². The molecule has 0 saturated carbocycles. The van der Waals surface area contributed by atoms with E-state index in [2.05, 4.69) is 0 Å². The monoisotopic (exact) mass is 291 g/mol. The van der Waals surface area contributed by atoms with Gasteiger partial charge in [0.05, 0.1) is 21.8 Å². The lowest BCUT2D eigenvalue weighted by atomic mass is 10.3. The average molecular weight is 292 g/mol. The van der Waals surface area contributed by atoms with E-state index in [1.54, 1.807) is 18.2 Å². The average Bonchev–Trinajstić information content (AvgIpc) is 2.34.